The lowest BCUT2D eigenvalue weighted by molar-refractivity contribution is 0.592. The van der Waals surface area contributed by atoms with E-state index in [0.29, 0.717) is 0 Å². The van der Waals surface area contributed by atoms with Gasteiger partial charge in [0.2, 0.25) is 0 Å². The first-order valence-corrected chi connectivity index (χ1v) is 6.86. The predicted molar refractivity (Wildman–Crippen MR) is 75.7 cm³/mol. The van der Waals surface area contributed by atoms with E-state index in [9.17, 15) is 0 Å². The molecule has 0 aromatic rings. The van der Waals surface area contributed by atoms with E-state index < -0.39 is 0 Å². The summed E-state index contributed by atoms with van der Waals surface area (Å²) < 4.78 is 0. The molecule has 92 valence electrons. The average molecular weight is 220 g/mol. The van der Waals surface area contributed by atoms with E-state index in [4.69, 9.17) is 0 Å². The number of allylic oxidation sites excluding steroid dienone is 6. The third-order valence-corrected chi connectivity index (χ3v) is 2.64. The lowest BCUT2D eigenvalue weighted by atomic mass is 10.1. The fourth-order valence-corrected chi connectivity index (χ4v) is 1.63. The van der Waals surface area contributed by atoms with Crippen molar-refractivity contribution in [3.05, 3.63) is 36.5 Å². The minimum Gasteiger partial charge on any atom is -0.0877 e. The maximum Gasteiger partial charge on any atom is -0.0348 e. The van der Waals surface area contributed by atoms with Crippen molar-refractivity contribution >= 4 is 0 Å². The van der Waals surface area contributed by atoms with Crippen LogP contribution in [0.25, 0.3) is 0 Å². The molecule has 0 aliphatic carbocycles. The van der Waals surface area contributed by atoms with Gasteiger partial charge in [0.1, 0.15) is 0 Å². The molecule has 0 spiro atoms. The molecule has 0 aromatic heterocycles. The Hall–Kier alpha value is -0.780. The van der Waals surface area contributed by atoms with Crippen molar-refractivity contribution in [3.8, 4) is 0 Å². The summed E-state index contributed by atoms with van der Waals surface area (Å²) >= 11 is 0. The van der Waals surface area contributed by atoms with E-state index in [1.165, 1.54) is 51.4 Å². The Kier molecular flexibility index (Phi) is 13.5. The number of hydrogen-bond acceptors (Lipinski definition) is 0. The largest absolute Gasteiger partial charge is 0.0877 e. The highest BCUT2D eigenvalue weighted by Crippen LogP contribution is 2.08. The molecule has 0 heterocycles. The van der Waals surface area contributed by atoms with Crippen molar-refractivity contribution in [1.82, 2.24) is 0 Å². The van der Waals surface area contributed by atoms with E-state index in [-0.39, 0.29) is 0 Å². The van der Waals surface area contributed by atoms with E-state index in [0.717, 1.165) is 0 Å². The van der Waals surface area contributed by atoms with E-state index in [2.05, 4.69) is 37.3 Å². The van der Waals surface area contributed by atoms with E-state index in [1.54, 1.807) is 0 Å². The molecule has 0 atom stereocenters. The average Bonchev–Trinajstić information content (AvgIpc) is 2.31. The summed E-state index contributed by atoms with van der Waals surface area (Å²) in [6.45, 7) is 4.30. The number of unbranched alkanes of at least 4 members (excludes halogenated alkanes) is 7. The topological polar surface area (TPSA) is 0 Å². The highest BCUT2D eigenvalue weighted by atomic mass is 13.9. The fourth-order valence-electron chi connectivity index (χ4n) is 1.63. The van der Waals surface area contributed by atoms with Crippen molar-refractivity contribution in [2.24, 2.45) is 0 Å². The van der Waals surface area contributed by atoms with Gasteiger partial charge in [-0.3, -0.25) is 0 Å². The summed E-state index contributed by atoms with van der Waals surface area (Å²) in [4.78, 5) is 0. The molecule has 0 radical (unpaired) electrons. The van der Waals surface area contributed by atoms with Crippen molar-refractivity contribution in [2.75, 3.05) is 0 Å². The van der Waals surface area contributed by atoms with Crippen LogP contribution in [0.5, 0.6) is 0 Å². The number of hydrogen-bond donors (Lipinski definition) is 0. The molecule has 16 heavy (non-hydrogen) atoms. The minimum atomic E-state index is 1.23. The highest BCUT2D eigenvalue weighted by Gasteiger charge is 1.88. The molecule has 0 saturated heterocycles. The van der Waals surface area contributed by atoms with Gasteiger partial charge in [0.25, 0.3) is 0 Å². The smallest absolute Gasteiger partial charge is 0.0348 e. The zero-order valence-electron chi connectivity index (χ0n) is 11.1. The van der Waals surface area contributed by atoms with Gasteiger partial charge in [0.15, 0.2) is 0 Å². The van der Waals surface area contributed by atoms with Gasteiger partial charge in [0, 0.05) is 0 Å². The summed E-state index contributed by atoms with van der Waals surface area (Å²) in [6.07, 6.45) is 23.7. The summed E-state index contributed by atoms with van der Waals surface area (Å²) in [5, 5.41) is 0. The number of rotatable bonds is 10. The summed E-state index contributed by atoms with van der Waals surface area (Å²) in [5.41, 5.74) is 0. The fraction of sp³-hybridized carbons (Fsp3) is 0.625. The molecular weight excluding hydrogens is 192 g/mol. The lowest BCUT2D eigenvalue weighted by Crippen LogP contribution is -1.78. The van der Waals surface area contributed by atoms with Crippen LogP contribution in [0, 0.1) is 0 Å². The van der Waals surface area contributed by atoms with Crippen LogP contribution in [-0.2, 0) is 0 Å². The van der Waals surface area contributed by atoms with Crippen LogP contribution in [0.2, 0.25) is 0 Å². The van der Waals surface area contributed by atoms with Gasteiger partial charge in [-0.15, -0.1) is 0 Å². The molecule has 0 aromatic carbocycles. The third-order valence-electron chi connectivity index (χ3n) is 2.64. The van der Waals surface area contributed by atoms with Crippen molar-refractivity contribution in [2.45, 2.75) is 65.2 Å². The van der Waals surface area contributed by atoms with E-state index >= 15 is 0 Å². The molecule has 0 rings (SSSR count). The Bertz CT molecular complexity index is 196. The van der Waals surface area contributed by atoms with Crippen LogP contribution >= 0.6 is 0 Å². The Morgan fingerprint density at radius 3 is 2.00 bits per heavy atom. The maximum atomic E-state index is 2.27. The molecule has 0 aliphatic heterocycles. The van der Waals surface area contributed by atoms with Crippen LogP contribution in [0.15, 0.2) is 36.5 Å². The van der Waals surface area contributed by atoms with Crippen molar-refractivity contribution in [1.29, 1.82) is 0 Å². The van der Waals surface area contributed by atoms with E-state index in [1.807, 2.05) is 13.0 Å². The second-order valence-corrected chi connectivity index (χ2v) is 4.25. The van der Waals surface area contributed by atoms with Crippen LogP contribution in [0.4, 0.5) is 0 Å². The second kappa shape index (κ2) is 14.2. The highest BCUT2D eigenvalue weighted by molar-refractivity contribution is 5.10. The Labute approximate surface area is 102 Å². The second-order valence-electron chi connectivity index (χ2n) is 4.25. The zero-order valence-corrected chi connectivity index (χ0v) is 11.1. The quantitative estimate of drug-likeness (QED) is 0.321. The van der Waals surface area contributed by atoms with Crippen molar-refractivity contribution < 1.29 is 0 Å². The SMILES string of the molecule is C/C=C/C=C/C=C/CCCCCCCCC. The normalized spacial score (nSPS) is 12.4. The molecule has 0 aliphatic rings. The van der Waals surface area contributed by atoms with Gasteiger partial charge in [-0.25, -0.2) is 0 Å². The van der Waals surface area contributed by atoms with Gasteiger partial charge in [0.05, 0.1) is 0 Å². The molecule has 0 amide bonds. The predicted octanol–water partition coefficient (Wildman–Crippen LogP) is 5.82. The van der Waals surface area contributed by atoms with Crippen LogP contribution in [0.3, 0.4) is 0 Å². The van der Waals surface area contributed by atoms with Gasteiger partial charge >= 0.3 is 0 Å². The van der Waals surface area contributed by atoms with Crippen LogP contribution in [0.1, 0.15) is 65.2 Å². The maximum absolute atomic E-state index is 2.27. The van der Waals surface area contributed by atoms with Gasteiger partial charge in [-0.05, 0) is 19.8 Å². The summed E-state index contributed by atoms with van der Waals surface area (Å²) in [5.74, 6) is 0. The Morgan fingerprint density at radius 2 is 1.31 bits per heavy atom. The van der Waals surface area contributed by atoms with Crippen molar-refractivity contribution in [3.63, 3.8) is 0 Å². The Balaban J connectivity index is 3.14. The molecule has 0 bridgehead atoms. The first-order chi connectivity index (χ1) is 7.91. The summed E-state index contributed by atoms with van der Waals surface area (Å²) in [6, 6.07) is 0. The zero-order chi connectivity index (χ0) is 11.9. The molecule has 0 nitrogen and oxygen atoms in total. The molecule has 0 unspecified atom stereocenters. The van der Waals surface area contributed by atoms with Gasteiger partial charge < -0.3 is 0 Å². The van der Waals surface area contributed by atoms with Crippen LogP contribution < -0.4 is 0 Å². The lowest BCUT2D eigenvalue weighted by Gasteiger charge is -1.98. The summed E-state index contributed by atoms with van der Waals surface area (Å²) in [7, 11) is 0. The standard InChI is InChI=1S/C16H28/c1-3-5-7-9-11-13-15-16-14-12-10-8-6-4-2/h3,5,7,9,11,13H,4,6,8,10,12,14-16H2,1-2H3/b5-3+,9-7+,13-11+. The first kappa shape index (κ1) is 15.2. The minimum absolute atomic E-state index is 1.23. The first-order valence-electron chi connectivity index (χ1n) is 6.86. The molecular formula is C16H28. The van der Waals surface area contributed by atoms with Gasteiger partial charge in [-0.2, -0.15) is 0 Å². The van der Waals surface area contributed by atoms with Gasteiger partial charge in [-0.1, -0.05) is 81.9 Å². The third kappa shape index (κ3) is 13.2. The Morgan fingerprint density at radius 1 is 0.688 bits per heavy atom. The monoisotopic (exact) mass is 220 g/mol. The molecule has 0 saturated carbocycles. The van der Waals surface area contributed by atoms with Crippen LogP contribution in [-0.4, -0.2) is 0 Å². The molecule has 0 fully saturated rings. The molecule has 0 heteroatoms. The molecule has 0 N–H and O–H groups in total.